The van der Waals surface area contributed by atoms with Gasteiger partial charge < -0.3 is 19.7 Å². The molecule has 2 heterocycles. The molecule has 5 amide bonds. The van der Waals surface area contributed by atoms with Gasteiger partial charge >= 0.3 is 18.0 Å². The Labute approximate surface area is 176 Å². The molecule has 0 aromatic carbocycles. The lowest BCUT2D eigenvalue weighted by atomic mass is 10.1. The number of hydroxylamine groups is 4. The molecule has 1 unspecified atom stereocenters. The van der Waals surface area contributed by atoms with Crippen LogP contribution in [0.5, 0.6) is 0 Å². The number of imide groups is 2. The highest BCUT2D eigenvalue weighted by atomic mass is 16.7. The summed E-state index contributed by atoms with van der Waals surface area (Å²) in [5.41, 5.74) is -0.894. The Bertz CT molecular complexity index is 784. The fraction of sp³-hybridized carbons (Fsp3) is 0.611. The number of ether oxygens (including phenoxy) is 1. The van der Waals surface area contributed by atoms with Crippen LogP contribution in [0.25, 0.3) is 0 Å². The van der Waals surface area contributed by atoms with Crippen molar-refractivity contribution in [2.45, 2.75) is 70.9 Å². The zero-order valence-corrected chi connectivity index (χ0v) is 17.3. The highest BCUT2D eigenvalue weighted by Crippen LogP contribution is 2.16. The normalized spacial score (nSPS) is 17.6. The molecule has 0 radical (unpaired) electrons. The van der Waals surface area contributed by atoms with Crippen molar-refractivity contribution in [2.24, 2.45) is 0 Å². The molecule has 31 heavy (non-hydrogen) atoms. The fourth-order valence-electron chi connectivity index (χ4n) is 2.58. The summed E-state index contributed by atoms with van der Waals surface area (Å²) < 4.78 is 5.05. The molecule has 2 saturated heterocycles. The van der Waals surface area contributed by atoms with Crippen LogP contribution >= 0.6 is 0 Å². The smallest absolute Gasteiger partial charge is 0.408 e. The van der Waals surface area contributed by atoms with Crippen molar-refractivity contribution in [1.29, 1.82) is 0 Å². The summed E-state index contributed by atoms with van der Waals surface area (Å²) in [7, 11) is 0. The van der Waals surface area contributed by atoms with Gasteiger partial charge in [0.05, 0.1) is 6.42 Å². The van der Waals surface area contributed by atoms with Gasteiger partial charge in [-0.1, -0.05) is 0 Å². The Morgan fingerprint density at radius 1 is 0.871 bits per heavy atom. The first-order valence-electron chi connectivity index (χ1n) is 9.51. The largest absolute Gasteiger partial charge is 0.444 e. The third kappa shape index (κ3) is 6.76. The quantitative estimate of drug-likeness (QED) is 0.526. The Kier molecular flexibility index (Phi) is 7.31. The first kappa shape index (κ1) is 23.8. The van der Waals surface area contributed by atoms with Gasteiger partial charge in [0.2, 0.25) is 0 Å². The van der Waals surface area contributed by atoms with Crippen LogP contribution in [0.15, 0.2) is 0 Å². The average molecular weight is 441 g/mol. The molecule has 2 aliphatic heterocycles. The number of nitrogens with one attached hydrogen (secondary N) is 1. The second-order valence-corrected chi connectivity index (χ2v) is 7.77. The van der Waals surface area contributed by atoms with Gasteiger partial charge in [0.25, 0.3) is 23.6 Å². The number of hydrogen-bond donors (Lipinski definition) is 1. The molecule has 2 aliphatic rings. The molecular weight excluding hydrogens is 418 g/mol. The van der Waals surface area contributed by atoms with E-state index in [0.29, 0.717) is 10.1 Å². The fourth-order valence-corrected chi connectivity index (χ4v) is 2.58. The van der Waals surface area contributed by atoms with Crippen LogP contribution in [-0.4, -0.2) is 63.4 Å². The number of alkyl carbamates (subject to hydrolysis) is 1. The topological polar surface area (TPSA) is 166 Å². The van der Waals surface area contributed by atoms with E-state index >= 15 is 0 Å². The van der Waals surface area contributed by atoms with Crippen molar-refractivity contribution < 1.29 is 48.0 Å². The van der Waals surface area contributed by atoms with E-state index in [9.17, 15) is 33.6 Å². The van der Waals surface area contributed by atoms with Crippen LogP contribution in [0.4, 0.5) is 4.79 Å². The summed E-state index contributed by atoms with van der Waals surface area (Å²) in [6, 6.07) is -1.49. The Morgan fingerprint density at radius 3 is 1.77 bits per heavy atom. The van der Waals surface area contributed by atoms with Crippen molar-refractivity contribution in [3.63, 3.8) is 0 Å². The number of hydrogen-bond acceptors (Lipinski definition) is 10. The summed E-state index contributed by atoms with van der Waals surface area (Å²) in [5, 5.41) is 2.85. The molecule has 0 spiro atoms. The molecule has 0 bridgehead atoms. The van der Waals surface area contributed by atoms with Gasteiger partial charge in [-0.2, -0.15) is 0 Å². The number of carbonyl (C=O) groups is 7. The molecule has 0 aromatic rings. The third-order valence-electron chi connectivity index (χ3n) is 4.00. The summed E-state index contributed by atoms with van der Waals surface area (Å²) >= 11 is 0. The van der Waals surface area contributed by atoms with Crippen molar-refractivity contribution in [3.8, 4) is 0 Å². The van der Waals surface area contributed by atoms with Crippen molar-refractivity contribution in [3.05, 3.63) is 0 Å². The van der Waals surface area contributed by atoms with Crippen LogP contribution in [0.2, 0.25) is 0 Å². The van der Waals surface area contributed by atoms with E-state index in [2.05, 4.69) is 5.32 Å². The van der Waals surface area contributed by atoms with Gasteiger partial charge in [-0.3, -0.25) is 19.2 Å². The first-order valence-corrected chi connectivity index (χ1v) is 9.51. The molecule has 170 valence electrons. The Morgan fingerprint density at radius 2 is 1.32 bits per heavy atom. The van der Waals surface area contributed by atoms with E-state index in [1.807, 2.05) is 0 Å². The van der Waals surface area contributed by atoms with Crippen LogP contribution in [-0.2, 0) is 43.2 Å². The van der Waals surface area contributed by atoms with Gasteiger partial charge in [-0.25, -0.2) is 14.4 Å². The summed E-state index contributed by atoms with van der Waals surface area (Å²) in [5.74, 6) is -4.99. The predicted octanol–water partition coefficient (Wildman–Crippen LogP) is -0.126. The minimum absolute atomic E-state index is 0.0842. The van der Waals surface area contributed by atoms with Gasteiger partial charge in [0.15, 0.2) is 0 Å². The highest BCUT2D eigenvalue weighted by molar-refractivity contribution is 6.02. The Hall–Kier alpha value is -3.51. The zero-order chi connectivity index (χ0) is 23.3. The maximum atomic E-state index is 12.4. The molecular formula is C18H23N3O10. The summed E-state index contributed by atoms with van der Waals surface area (Å²) in [4.78, 5) is 92.3. The lowest BCUT2D eigenvalue weighted by Crippen LogP contribution is -2.47. The second-order valence-electron chi connectivity index (χ2n) is 7.77. The average Bonchev–Trinajstić information content (AvgIpc) is 3.13. The summed E-state index contributed by atoms with van der Waals surface area (Å²) in [6.07, 6.45) is -2.32. The molecule has 2 rings (SSSR count). The van der Waals surface area contributed by atoms with Gasteiger partial charge in [-0.05, 0) is 27.2 Å². The van der Waals surface area contributed by atoms with Crippen LogP contribution < -0.4 is 5.32 Å². The highest BCUT2D eigenvalue weighted by Gasteiger charge is 2.37. The van der Waals surface area contributed by atoms with Gasteiger partial charge in [0, 0.05) is 25.7 Å². The van der Waals surface area contributed by atoms with E-state index in [4.69, 9.17) is 14.4 Å². The van der Waals surface area contributed by atoms with E-state index < -0.39 is 59.7 Å². The minimum Gasteiger partial charge on any atom is -0.444 e. The second kappa shape index (κ2) is 9.53. The number of nitrogens with zero attached hydrogens (tertiary/aromatic N) is 2. The minimum atomic E-state index is -1.49. The number of rotatable bonds is 7. The number of amides is 5. The Balaban J connectivity index is 2.01. The monoisotopic (exact) mass is 441 g/mol. The SMILES string of the molecule is CC(C)(C)OC(=O)NC(CCC(=O)ON1C(=O)CCC1=O)C(=O)ON1C(=O)CCC1=O. The molecule has 0 aromatic heterocycles. The predicted molar refractivity (Wildman–Crippen MR) is 96.7 cm³/mol. The molecule has 2 fully saturated rings. The first-order chi connectivity index (χ1) is 14.4. The van der Waals surface area contributed by atoms with Crippen LogP contribution in [0.1, 0.15) is 59.3 Å². The lowest BCUT2D eigenvalue weighted by Gasteiger charge is -2.23. The molecule has 0 saturated carbocycles. The standard InChI is InChI=1S/C18H23N3O10/c1-18(2,3)29-17(28)19-10(16(27)31-21-13(24)7-8-14(21)25)4-9-15(26)30-20-11(22)5-6-12(20)23/h10H,4-9H2,1-3H3,(H,19,28). The number of carbonyl (C=O) groups excluding carboxylic acids is 7. The summed E-state index contributed by atoms with van der Waals surface area (Å²) in [6.45, 7) is 4.76. The molecule has 1 N–H and O–H groups in total. The van der Waals surface area contributed by atoms with Gasteiger partial charge in [0.1, 0.15) is 11.6 Å². The molecule has 13 heteroatoms. The zero-order valence-electron chi connectivity index (χ0n) is 17.3. The van der Waals surface area contributed by atoms with E-state index in [1.54, 1.807) is 20.8 Å². The lowest BCUT2D eigenvalue weighted by molar-refractivity contribution is -0.200. The molecule has 1 atom stereocenters. The van der Waals surface area contributed by atoms with E-state index in [0.717, 1.165) is 0 Å². The van der Waals surface area contributed by atoms with E-state index in [-0.39, 0.29) is 32.1 Å². The van der Waals surface area contributed by atoms with E-state index in [1.165, 1.54) is 0 Å². The molecule has 13 nitrogen and oxygen atoms in total. The van der Waals surface area contributed by atoms with Crippen molar-refractivity contribution in [2.75, 3.05) is 0 Å². The van der Waals surface area contributed by atoms with Crippen LogP contribution in [0.3, 0.4) is 0 Å². The maximum absolute atomic E-state index is 12.4. The van der Waals surface area contributed by atoms with Crippen LogP contribution in [0, 0.1) is 0 Å². The van der Waals surface area contributed by atoms with Crippen molar-refractivity contribution in [1.82, 2.24) is 15.4 Å². The maximum Gasteiger partial charge on any atom is 0.408 e. The molecule has 0 aliphatic carbocycles. The van der Waals surface area contributed by atoms with Crippen molar-refractivity contribution >= 4 is 41.7 Å². The van der Waals surface area contributed by atoms with Gasteiger partial charge in [-0.15, -0.1) is 10.1 Å². The third-order valence-corrected chi connectivity index (χ3v) is 4.00.